The molecule has 2 rings (SSSR count). The van der Waals surface area contributed by atoms with Gasteiger partial charge < -0.3 is 9.47 Å². The summed E-state index contributed by atoms with van der Waals surface area (Å²) in [5.74, 6) is 0.0638. The van der Waals surface area contributed by atoms with Gasteiger partial charge in [-0.2, -0.15) is 5.26 Å². The van der Waals surface area contributed by atoms with Gasteiger partial charge in [-0.25, -0.2) is 0 Å². The van der Waals surface area contributed by atoms with Crippen molar-refractivity contribution in [3.05, 3.63) is 42.0 Å². The van der Waals surface area contributed by atoms with Crippen molar-refractivity contribution in [1.29, 1.82) is 5.26 Å². The molecule has 1 fully saturated rings. The molecular formula is C17H18F3NO2. The molecule has 0 aromatic heterocycles. The third kappa shape index (κ3) is 4.73. The Kier molecular flexibility index (Phi) is 5.32. The molecule has 0 N–H and O–H groups in total. The van der Waals surface area contributed by atoms with Gasteiger partial charge in [0, 0.05) is 13.2 Å². The summed E-state index contributed by atoms with van der Waals surface area (Å²) in [5.41, 5.74) is 0.583. The van der Waals surface area contributed by atoms with Crippen LogP contribution in [0.25, 0.3) is 0 Å². The van der Waals surface area contributed by atoms with Crippen LogP contribution in [-0.4, -0.2) is 19.1 Å². The van der Waals surface area contributed by atoms with Crippen molar-refractivity contribution < 1.29 is 22.6 Å². The van der Waals surface area contributed by atoms with Crippen LogP contribution in [0, 0.1) is 11.3 Å². The van der Waals surface area contributed by atoms with Crippen LogP contribution in [0.5, 0.6) is 5.75 Å². The third-order valence-corrected chi connectivity index (χ3v) is 4.29. The van der Waals surface area contributed by atoms with Crippen LogP contribution in [0.4, 0.5) is 13.2 Å². The molecule has 23 heavy (non-hydrogen) atoms. The topological polar surface area (TPSA) is 42.2 Å². The molecule has 1 saturated carbocycles. The van der Waals surface area contributed by atoms with Crippen molar-refractivity contribution in [3.8, 4) is 11.8 Å². The Labute approximate surface area is 133 Å². The first-order valence-electron chi connectivity index (χ1n) is 7.36. The van der Waals surface area contributed by atoms with Gasteiger partial charge in [-0.1, -0.05) is 12.1 Å². The Morgan fingerprint density at radius 1 is 1.22 bits per heavy atom. The molecule has 0 saturated heterocycles. The van der Waals surface area contributed by atoms with E-state index in [4.69, 9.17) is 10.00 Å². The molecule has 0 amide bonds. The van der Waals surface area contributed by atoms with Gasteiger partial charge in [0.15, 0.2) is 0 Å². The number of nitriles is 1. The van der Waals surface area contributed by atoms with Gasteiger partial charge in [-0.15, -0.1) is 13.2 Å². The summed E-state index contributed by atoms with van der Waals surface area (Å²) in [6.07, 6.45) is 1.81. The fourth-order valence-corrected chi connectivity index (χ4v) is 3.01. The van der Waals surface area contributed by atoms with E-state index < -0.39 is 12.0 Å². The van der Waals surface area contributed by atoms with Crippen LogP contribution in [-0.2, 0) is 4.74 Å². The van der Waals surface area contributed by atoms with Gasteiger partial charge in [0.05, 0.1) is 11.7 Å². The van der Waals surface area contributed by atoms with Crippen LogP contribution in [0.15, 0.2) is 36.4 Å². The van der Waals surface area contributed by atoms with Crippen molar-refractivity contribution in [2.24, 2.45) is 0 Å². The second-order valence-corrected chi connectivity index (χ2v) is 5.62. The maximum absolute atomic E-state index is 12.2. The Morgan fingerprint density at radius 2 is 1.83 bits per heavy atom. The van der Waals surface area contributed by atoms with E-state index in [9.17, 15) is 13.2 Å². The number of alkyl halides is 3. The van der Waals surface area contributed by atoms with Gasteiger partial charge in [-0.3, -0.25) is 0 Å². The molecule has 0 unspecified atom stereocenters. The highest BCUT2D eigenvalue weighted by Crippen LogP contribution is 2.40. The summed E-state index contributed by atoms with van der Waals surface area (Å²) >= 11 is 0. The molecule has 3 nitrogen and oxygen atoms in total. The molecule has 1 aliphatic carbocycles. The lowest BCUT2D eigenvalue weighted by molar-refractivity contribution is -0.274. The molecule has 6 heteroatoms. The number of hydrogen-bond donors (Lipinski definition) is 0. The highest BCUT2D eigenvalue weighted by molar-refractivity contribution is 5.30. The van der Waals surface area contributed by atoms with Gasteiger partial charge in [0.25, 0.3) is 0 Å². The smallest absolute Gasteiger partial charge is 0.406 e. The quantitative estimate of drug-likeness (QED) is 0.753. The van der Waals surface area contributed by atoms with E-state index in [0.29, 0.717) is 0 Å². The van der Waals surface area contributed by atoms with E-state index in [2.05, 4.69) is 4.74 Å². The zero-order chi connectivity index (χ0) is 16.9. The summed E-state index contributed by atoms with van der Waals surface area (Å²) < 4.78 is 45.9. The summed E-state index contributed by atoms with van der Waals surface area (Å²) in [5, 5.41) is 8.66. The minimum absolute atomic E-state index is 0.208. The SMILES string of the molecule is CO[C@]1(C=CC#N)CC[C@H](c2ccc(OC(F)(F)F)cc2)CC1. The number of hydrogen-bond acceptors (Lipinski definition) is 3. The second-order valence-electron chi connectivity index (χ2n) is 5.62. The minimum atomic E-state index is -4.67. The lowest BCUT2D eigenvalue weighted by Crippen LogP contribution is -2.33. The predicted octanol–water partition coefficient (Wildman–Crippen LogP) is 4.71. The van der Waals surface area contributed by atoms with Crippen LogP contribution in [0.1, 0.15) is 37.2 Å². The van der Waals surface area contributed by atoms with Gasteiger partial charge in [0.2, 0.25) is 0 Å². The Bertz CT molecular complexity index is 579. The third-order valence-electron chi connectivity index (χ3n) is 4.29. The van der Waals surface area contributed by atoms with Crippen molar-refractivity contribution in [2.45, 2.75) is 43.6 Å². The fourth-order valence-electron chi connectivity index (χ4n) is 3.01. The highest BCUT2D eigenvalue weighted by atomic mass is 19.4. The minimum Gasteiger partial charge on any atom is -0.406 e. The number of rotatable bonds is 4. The molecule has 0 atom stereocenters. The number of benzene rings is 1. The average molecular weight is 325 g/mol. The van der Waals surface area contributed by atoms with Crippen molar-refractivity contribution in [2.75, 3.05) is 7.11 Å². The van der Waals surface area contributed by atoms with Crippen molar-refractivity contribution in [3.63, 3.8) is 0 Å². The standard InChI is InChI=1S/C17H18F3NO2/c1-22-16(9-2-12-21)10-7-14(8-11-16)13-3-5-15(6-4-13)23-17(18,19)20/h2-6,9,14H,7-8,10-11H2,1H3/t14-,16+. The van der Waals surface area contributed by atoms with E-state index in [1.54, 1.807) is 25.3 Å². The summed E-state index contributed by atoms with van der Waals surface area (Å²) in [7, 11) is 1.63. The van der Waals surface area contributed by atoms with E-state index in [-0.39, 0.29) is 11.7 Å². The molecule has 0 radical (unpaired) electrons. The Morgan fingerprint density at radius 3 is 2.30 bits per heavy atom. The number of allylic oxidation sites excluding steroid dienone is 1. The lowest BCUT2D eigenvalue weighted by Gasteiger charge is -2.37. The maximum Gasteiger partial charge on any atom is 0.573 e. The number of ether oxygens (including phenoxy) is 2. The Balaban J connectivity index is 2.00. The van der Waals surface area contributed by atoms with Crippen LogP contribution in [0.2, 0.25) is 0 Å². The maximum atomic E-state index is 12.2. The molecular weight excluding hydrogens is 307 g/mol. The van der Waals surface area contributed by atoms with Gasteiger partial charge >= 0.3 is 6.36 Å². The first-order valence-corrected chi connectivity index (χ1v) is 7.36. The molecule has 1 aliphatic rings. The fraction of sp³-hybridized carbons (Fsp3) is 0.471. The number of methoxy groups -OCH3 is 1. The van der Waals surface area contributed by atoms with Crippen molar-refractivity contribution >= 4 is 0 Å². The van der Waals surface area contributed by atoms with Crippen LogP contribution in [0.3, 0.4) is 0 Å². The largest absolute Gasteiger partial charge is 0.573 e. The molecule has 1 aromatic carbocycles. The first kappa shape index (κ1) is 17.4. The van der Waals surface area contributed by atoms with Gasteiger partial charge in [-0.05, 0) is 55.4 Å². The van der Waals surface area contributed by atoms with E-state index in [1.807, 2.05) is 6.07 Å². The highest BCUT2D eigenvalue weighted by Gasteiger charge is 2.34. The summed E-state index contributed by atoms with van der Waals surface area (Å²) in [6, 6.07) is 8.02. The molecule has 0 aliphatic heterocycles. The molecule has 1 aromatic rings. The number of halogens is 3. The molecule has 0 spiro atoms. The molecule has 124 valence electrons. The van der Waals surface area contributed by atoms with Crippen molar-refractivity contribution in [1.82, 2.24) is 0 Å². The van der Waals surface area contributed by atoms with E-state index in [0.717, 1.165) is 31.2 Å². The summed E-state index contributed by atoms with van der Waals surface area (Å²) in [4.78, 5) is 0. The summed E-state index contributed by atoms with van der Waals surface area (Å²) in [6.45, 7) is 0. The monoisotopic (exact) mass is 325 g/mol. The second kappa shape index (κ2) is 7.05. The zero-order valence-electron chi connectivity index (χ0n) is 12.8. The normalized spacial score (nSPS) is 25.3. The lowest BCUT2D eigenvalue weighted by atomic mass is 9.76. The predicted molar refractivity (Wildman–Crippen MR) is 78.8 cm³/mol. The molecule has 0 heterocycles. The number of nitrogens with zero attached hydrogens (tertiary/aromatic N) is 1. The molecule has 0 bridgehead atoms. The van der Waals surface area contributed by atoms with Crippen LogP contribution >= 0.6 is 0 Å². The zero-order valence-corrected chi connectivity index (χ0v) is 12.8. The van der Waals surface area contributed by atoms with E-state index >= 15 is 0 Å². The van der Waals surface area contributed by atoms with Gasteiger partial charge in [0.1, 0.15) is 5.75 Å². The first-order chi connectivity index (χ1) is 10.9. The van der Waals surface area contributed by atoms with E-state index in [1.165, 1.54) is 18.2 Å². The average Bonchev–Trinajstić information content (AvgIpc) is 2.53. The Hall–Kier alpha value is -2.00. The van der Waals surface area contributed by atoms with Crippen LogP contribution < -0.4 is 4.74 Å².